The van der Waals surface area contributed by atoms with Gasteiger partial charge in [-0.15, -0.1) is 0 Å². The third-order valence-corrected chi connectivity index (χ3v) is 2.26. The number of aromatic nitrogens is 1. The van der Waals surface area contributed by atoms with E-state index in [4.69, 9.17) is 15.7 Å². The zero-order chi connectivity index (χ0) is 13.8. The third-order valence-electron chi connectivity index (χ3n) is 2.26. The van der Waals surface area contributed by atoms with Gasteiger partial charge in [0.1, 0.15) is 0 Å². The summed E-state index contributed by atoms with van der Waals surface area (Å²) in [4.78, 5) is 3.84. The molecule has 0 fully saturated rings. The molecule has 98 valence electrons. The van der Waals surface area contributed by atoms with E-state index in [1.807, 2.05) is 0 Å². The van der Waals surface area contributed by atoms with Gasteiger partial charge in [-0.3, -0.25) is 0 Å². The van der Waals surface area contributed by atoms with E-state index in [-0.39, 0.29) is 23.0 Å². The van der Waals surface area contributed by atoms with Crippen LogP contribution in [0, 0.1) is 11.6 Å². The lowest BCUT2D eigenvalue weighted by Crippen LogP contribution is -2.16. The van der Waals surface area contributed by atoms with Gasteiger partial charge >= 0.3 is 0 Å². The van der Waals surface area contributed by atoms with E-state index in [1.165, 1.54) is 30.5 Å². The summed E-state index contributed by atoms with van der Waals surface area (Å²) in [6.45, 7) is 0. The van der Waals surface area contributed by atoms with Crippen molar-refractivity contribution in [2.75, 3.05) is 0 Å². The highest BCUT2D eigenvalue weighted by Crippen LogP contribution is 2.27. The molecule has 5 nitrogen and oxygen atoms in total. The molecule has 1 aromatic heterocycles. The van der Waals surface area contributed by atoms with Gasteiger partial charge in [0.2, 0.25) is 5.82 Å². The second kappa shape index (κ2) is 5.30. The largest absolute Gasteiger partial charge is 0.452 e. The van der Waals surface area contributed by atoms with E-state index in [9.17, 15) is 8.78 Å². The van der Waals surface area contributed by atoms with Gasteiger partial charge in [-0.25, -0.2) is 9.37 Å². The minimum absolute atomic E-state index is 0.0219. The molecular formula is C12H9F2N3O2. The van der Waals surface area contributed by atoms with Crippen molar-refractivity contribution < 1.29 is 18.7 Å². The maximum Gasteiger partial charge on any atom is 0.201 e. The maximum absolute atomic E-state index is 13.5. The molecule has 0 saturated heterocycles. The smallest absolute Gasteiger partial charge is 0.201 e. The van der Waals surface area contributed by atoms with Gasteiger partial charge < -0.3 is 15.7 Å². The number of halogens is 2. The molecule has 0 radical (unpaired) electrons. The van der Waals surface area contributed by atoms with Crippen molar-refractivity contribution in [1.29, 1.82) is 0 Å². The Hall–Kier alpha value is -2.70. The van der Waals surface area contributed by atoms with E-state index in [2.05, 4.69) is 10.1 Å². The Kier molecular flexibility index (Phi) is 3.56. The number of oxime groups is 1. The molecule has 19 heavy (non-hydrogen) atoms. The summed E-state index contributed by atoms with van der Waals surface area (Å²) in [5, 5.41) is 11.4. The van der Waals surface area contributed by atoms with Crippen molar-refractivity contribution in [3.05, 3.63) is 53.9 Å². The molecule has 0 aliphatic rings. The summed E-state index contributed by atoms with van der Waals surface area (Å²) >= 11 is 0. The number of benzene rings is 1. The average Bonchev–Trinajstić information content (AvgIpc) is 2.43. The highest BCUT2D eigenvalue weighted by Gasteiger charge is 2.14. The summed E-state index contributed by atoms with van der Waals surface area (Å²) < 4.78 is 31.7. The molecule has 1 heterocycles. The van der Waals surface area contributed by atoms with Crippen molar-refractivity contribution in [2.24, 2.45) is 10.9 Å². The number of nitrogens with zero attached hydrogens (tertiary/aromatic N) is 2. The van der Waals surface area contributed by atoms with Crippen molar-refractivity contribution in [1.82, 2.24) is 4.98 Å². The van der Waals surface area contributed by atoms with Crippen LogP contribution in [0.3, 0.4) is 0 Å². The molecule has 0 aliphatic carbocycles. The summed E-state index contributed by atoms with van der Waals surface area (Å²) in [5.41, 5.74) is 5.43. The lowest BCUT2D eigenvalue weighted by Gasteiger charge is -2.09. The number of pyridine rings is 1. The molecule has 1 aromatic carbocycles. The Labute approximate surface area is 107 Å². The first-order chi connectivity index (χ1) is 9.13. The van der Waals surface area contributed by atoms with Gasteiger partial charge in [-0.1, -0.05) is 11.2 Å². The van der Waals surface area contributed by atoms with Gasteiger partial charge in [-0.2, -0.15) is 4.39 Å². The molecule has 0 amide bonds. The fourth-order valence-corrected chi connectivity index (χ4v) is 1.39. The van der Waals surface area contributed by atoms with Crippen LogP contribution in [-0.4, -0.2) is 16.0 Å². The molecule has 0 bridgehead atoms. The fourth-order valence-electron chi connectivity index (χ4n) is 1.39. The van der Waals surface area contributed by atoms with E-state index in [0.29, 0.717) is 0 Å². The Morgan fingerprint density at radius 3 is 2.68 bits per heavy atom. The zero-order valence-corrected chi connectivity index (χ0v) is 9.55. The summed E-state index contributed by atoms with van der Waals surface area (Å²) in [6.07, 6.45) is 1.39. The molecule has 0 saturated carbocycles. The molecule has 7 heteroatoms. The van der Waals surface area contributed by atoms with Crippen molar-refractivity contribution in [2.45, 2.75) is 0 Å². The lowest BCUT2D eigenvalue weighted by atomic mass is 10.3. The fraction of sp³-hybridized carbons (Fsp3) is 0. The van der Waals surface area contributed by atoms with Crippen LogP contribution >= 0.6 is 0 Å². The van der Waals surface area contributed by atoms with Gasteiger partial charge in [0.25, 0.3) is 0 Å². The summed E-state index contributed by atoms with van der Waals surface area (Å²) in [6, 6.07) is 6.47. The van der Waals surface area contributed by atoms with Crippen LogP contribution in [0.4, 0.5) is 8.78 Å². The van der Waals surface area contributed by atoms with Crippen LogP contribution in [0.15, 0.2) is 41.7 Å². The summed E-state index contributed by atoms with van der Waals surface area (Å²) in [5.74, 6) is -2.74. The van der Waals surface area contributed by atoms with Crippen molar-refractivity contribution >= 4 is 5.84 Å². The van der Waals surface area contributed by atoms with E-state index >= 15 is 0 Å². The highest BCUT2D eigenvalue weighted by molar-refractivity contribution is 5.97. The molecule has 0 atom stereocenters. The van der Waals surface area contributed by atoms with E-state index < -0.39 is 11.6 Å². The second-order valence-electron chi connectivity index (χ2n) is 3.49. The minimum atomic E-state index is -1.13. The zero-order valence-electron chi connectivity index (χ0n) is 9.55. The predicted octanol–water partition coefficient (Wildman–Crippen LogP) is 2.25. The first-order valence-corrected chi connectivity index (χ1v) is 5.18. The van der Waals surface area contributed by atoms with Crippen LogP contribution in [0.2, 0.25) is 0 Å². The maximum atomic E-state index is 13.5. The molecule has 0 spiro atoms. The molecule has 2 aromatic rings. The number of amidine groups is 1. The van der Waals surface area contributed by atoms with Crippen molar-refractivity contribution in [3.63, 3.8) is 0 Å². The first kappa shape index (κ1) is 12.7. The van der Waals surface area contributed by atoms with E-state index in [1.54, 1.807) is 0 Å². The van der Waals surface area contributed by atoms with Gasteiger partial charge in [0.05, 0.1) is 0 Å². The Morgan fingerprint density at radius 1 is 1.21 bits per heavy atom. The minimum Gasteiger partial charge on any atom is -0.452 e. The Balaban J connectivity index is 2.42. The number of ether oxygens (including phenoxy) is 1. The van der Waals surface area contributed by atoms with E-state index in [0.717, 1.165) is 6.07 Å². The van der Waals surface area contributed by atoms with Crippen LogP contribution in [0.5, 0.6) is 11.5 Å². The monoisotopic (exact) mass is 265 g/mol. The van der Waals surface area contributed by atoms with Crippen molar-refractivity contribution in [3.8, 4) is 11.5 Å². The number of rotatable bonds is 3. The topological polar surface area (TPSA) is 80.7 Å². The SMILES string of the molecule is N/C(=N/O)c1ncccc1Oc1cccc(F)c1F. The number of nitrogens with two attached hydrogens (primary N) is 1. The quantitative estimate of drug-likeness (QED) is 0.386. The predicted molar refractivity (Wildman–Crippen MR) is 63.2 cm³/mol. The normalized spacial score (nSPS) is 11.4. The molecule has 0 aliphatic heterocycles. The second-order valence-corrected chi connectivity index (χ2v) is 3.49. The molecular weight excluding hydrogens is 256 g/mol. The number of hydrogen-bond donors (Lipinski definition) is 2. The van der Waals surface area contributed by atoms with Crippen LogP contribution in [0.25, 0.3) is 0 Å². The summed E-state index contributed by atoms with van der Waals surface area (Å²) in [7, 11) is 0. The molecule has 2 rings (SSSR count). The lowest BCUT2D eigenvalue weighted by molar-refractivity contribution is 0.318. The van der Waals surface area contributed by atoms with Crippen LogP contribution in [0.1, 0.15) is 5.69 Å². The van der Waals surface area contributed by atoms with Gasteiger partial charge in [0.15, 0.2) is 28.8 Å². The Bertz CT molecular complexity index is 632. The van der Waals surface area contributed by atoms with Crippen LogP contribution < -0.4 is 10.5 Å². The van der Waals surface area contributed by atoms with Gasteiger partial charge in [-0.05, 0) is 24.3 Å². The molecule has 0 unspecified atom stereocenters. The van der Waals surface area contributed by atoms with Crippen LogP contribution in [-0.2, 0) is 0 Å². The Morgan fingerprint density at radius 2 is 1.95 bits per heavy atom. The molecule has 3 N–H and O–H groups in total. The standard InChI is InChI=1S/C12H9F2N3O2/c13-7-3-1-4-8(10(7)14)19-9-5-2-6-16-11(9)12(15)17-18/h1-6,18H,(H2,15,17). The average molecular weight is 265 g/mol. The number of hydrogen-bond acceptors (Lipinski definition) is 4. The first-order valence-electron chi connectivity index (χ1n) is 5.18. The van der Waals surface area contributed by atoms with Gasteiger partial charge in [0, 0.05) is 6.20 Å². The highest BCUT2D eigenvalue weighted by atomic mass is 19.2. The third kappa shape index (κ3) is 2.59.